The van der Waals surface area contributed by atoms with Crippen molar-refractivity contribution in [2.24, 2.45) is 11.8 Å². The van der Waals surface area contributed by atoms with E-state index in [4.69, 9.17) is 4.74 Å². The molecule has 8 nitrogen and oxygen atoms in total. The molecule has 2 bridgehead atoms. The molecule has 5 atom stereocenters. The zero-order valence-corrected chi connectivity index (χ0v) is 20.2. The van der Waals surface area contributed by atoms with Gasteiger partial charge in [0, 0.05) is 25.4 Å². The van der Waals surface area contributed by atoms with Gasteiger partial charge in [0.2, 0.25) is 17.7 Å². The van der Waals surface area contributed by atoms with Gasteiger partial charge in [-0.2, -0.15) is 0 Å². The summed E-state index contributed by atoms with van der Waals surface area (Å²) < 4.78 is 6.69. The number of hydrogen-bond acceptors (Lipinski definition) is 5. The lowest BCUT2D eigenvalue weighted by atomic mass is 9.65. The number of amides is 3. The number of fused-ring (bicyclic) bond motifs is 1. The number of nitrogens with zero attached hydrogens (tertiary/aromatic N) is 1. The van der Waals surface area contributed by atoms with Crippen molar-refractivity contribution in [3.05, 3.63) is 30.3 Å². The van der Waals surface area contributed by atoms with Crippen molar-refractivity contribution in [2.45, 2.75) is 76.0 Å². The molecular formula is C26H37N3O5. The predicted molar refractivity (Wildman–Crippen MR) is 128 cm³/mol. The van der Waals surface area contributed by atoms with E-state index in [9.17, 15) is 19.5 Å². The molecule has 186 valence electrons. The molecule has 2 unspecified atom stereocenters. The zero-order valence-electron chi connectivity index (χ0n) is 20.2. The van der Waals surface area contributed by atoms with Gasteiger partial charge in [0.1, 0.15) is 11.6 Å². The van der Waals surface area contributed by atoms with Gasteiger partial charge in [-0.05, 0) is 44.2 Å². The lowest BCUT2D eigenvalue weighted by Gasteiger charge is -2.34. The zero-order chi connectivity index (χ0) is 24.3. The molecule has 4 rings (SSSR count). The van der Waals surface area contributed by atoms with Gasteiger partial charge in [-0.15, -0.1) is 0 Å². The first-order chi connectivity index (χ1) is 16.4. The van der Waals surface area contributed by atoms with Crippen LogP contribution in [0.25, 0.3) is 0 Å². The van der Waals surface area contributed by atoms with Gasteiger partial charge in [-0.25, -0.2) is 0 Å². The quantitative estimate of drug-likeness (QED) is 0.430. The summed E-state index contributed by atoms with van der Waals surface area (Å²) >= 11 is 0. The Labute approximate surface area is 201 Å². The molecule has 0 aromatic heterocycles. The van der Waals surface area contributed by atoms with Crippen molar-refractivity contribution in [3.63, 3.8) is 0 Å². The van der Waals surface area contributed by atoms with Gasteiger partial charge in [0.15, 0.2) is 0 Å². The molecule has 0 radical (unpaired) electrons. The highest BCUT2D eigenvalue weighted by Crippen LogP contribution is 2.64. The monoisotopic (exact) mass is 471 g/mol. The third kappa shape index (κ3) is 4.01. The number of carbonyl (C=O) groups excluding carboxylic acids is 3. The molecule has 1 aromatic carbocycles. The highest BCUT2D eigenvalue weighted by atomic mass is 16.5. The number of para-hydroxylation sites is 1. The lowest BCUT2D eigenvalue weighted by Crippen LogP contribution is -2.55. The van der Waals surface area contributed by atoms with Gasteiger partial charge in [-0.3, -0.25) is 14.4 Å². The Morgan fingerprint density at radius 1 is 1.12 bits per heavy atom. The Morgan fingerprint density at radius 2 is 1.88 bits per heavy atom. The van der Waals surface area contributed by atoms with Crippen LogP contribution in [0.4, 0.5) is 5.69 Å². The van der Waals surface area contributed by atoms with Crippen LogP contribution < -0.4 is 10.6 Å². The van der Waals surface area contributed by atoms with E-state index in [-0.39, 0.29) is 30.9 Å². The third-order valence-corrected chi connectivity index (χ3v) is 7.89. The fourth-order valence-electron chi connectivity index (χ4n) is 6.32. The smallest absolute Gasteiger partial charge is 0.245 e. The van der Waals surface area contributed by atoms with Crippen molar-refractivity contribution in [1.82, 2.24) is 10.2 Å². The molecule has 0 saturated carbocycles. The molecule has 3 aliphatic heterocycles. The van der Waals surface area contributed by atoms with Crippen LogP contribution in [0.3, 0.4) is 0 Å². The second-order valence-electron chi connectivity index (χ2n) is 9.80. The number of carbonyl (C=O) groups is 3. The van der Waals surface area contributed by atoms with Crippen LogP contribution in [0.5, 0.6) is 0 Å². The third-order valence-electron chi connectivity index (χ3n) is 7.89. The van der Waals surface area contributed by atoms with E-state index in [1.165, 1.54) is 0 Å². The molecule has 34 heavy (non-hydrogen) atoms. The summed E-state index contributed by atoms with van der Waals surface area (Å²) in [5, 5.41) is 15.4. The number of ether oxygens (including phenoxy) is 1. The molecule has 0 aliphatic carbocycles. The number of unbranched alkanes of at least 4 members (excludes halogenated alkanes) is 2. The molecule has 3 aliphatic rings. The summed E-state index contributed by atoms with van der Waals surface area (Å²) in [7, 11) is 0. The van der Waals surface area contributed by atoms with E-state index in [0.29, 0.717) is 37.9 Å². The topological polar surface area (TPSA) is 108 Å². The number of hydrogen-bond donors (Lipinski definition) is 3. The van der Waals surface area contributed by atoms with E-state index in [1.54, 1.807) is 4.90 Å². The number of nitrogens with one attached hydrogen (secondary N) is 2. The summed E-state index contributed by atoms with van der Waals surface area (Å²) in [6.45, 7) is 4.81. The largest absolute Gasteiger partial charge is 0.396 e. The van der Waals surface area contributed by atoms with E-state index in [1.807, 2.05) is 37.3 Å². The summed E-state index contributed by atoms with van der Waals surface area (Å²) in [6, 6.07) is 8.41. The van der Waals surface area contributed by atoms with Crippen LogP contribution in [-0.4, -0.2) is 64.7 Å². The number of anilines is 1. The van der Waals surface area contributed by atoms with Gasteiger partial charge in [0.25, 0.3) is 0 Å². The van der Waals surface area contributed by atoms with Gasteiger partial charge < -0.3 is 25.4 Å². The van der Waals surface area contributed by atoms with Crippen LogP contribution in [-0.2, 0) is 19.1 Å². The van der Waals surface area contributed by atoms with Crippen molar-refractivity contribution in [1.29, 1.82) is 0 Å². The van der Waals surface area contributed by atoms with Crippen LogP contribution in [0.1, 0.15) is 58.8 Å². The maximum Gasteiger partial charge on any atom is 0.245 e. The van der Waals surface area contributed by atoms with Crippen LogP contribution in [0.15, 0.2) is 30.3 Å². The summed E-state index contributed by atoms with van der Waals surface area (Å²) in [4.78, 5) is 42.4. The van der Waals surface area contributed by atoms with Gasteiger partial charge in [0.05, 0.1) is 17.4 Å². The summed E-state index contributed by atoms with van der Waals surface area (Å²) in [5.41, 5.74) is -1.11. The summed E-state index contributed by atoms with van der Waals surface area (Å²) in [5.74, 6) is -2.06. The maximum atomic E-state index is 13.8. The SMILES string of the molecule is CCCCCNC(=O)C1N(CCCO)C(=O)[C@@H]2[C@@H](C(=O)Nc3ccccc3)[C@@]3(CC)CCC12O3. The molecule has 1 spiro atoms. The van der Waals surface area contributed by atoms with Crippen molar-refractivity contribution in [3.8, 4) is 0 Å². The first kappa shape index (κ1) is 24.7. The second kappa shape index (κ2) is 10.0. The molecule has 8 heteroatoms. The molecule has 1 aromatic rings. The Kier molecular flexibility index (Phi) is 7.28. The first-order valence-electron chi connectivity index (χ1n) is 12.7. The Balaban J connectivity index is 1.66. The fourth-order valence-corrected chi connectivity index (χ4v) is 6.32. The van der Waals surface area contributed by atoms with E-state index >= 15 is 0 Å². The second-order valence-corrected chi connectivity index (χ2v) is 9.80. The molecular weight excluding hydrogens is 434 g/mol. The number of aliphatic hydroxyl groups excluding tert-OH is 1. The fraction of sp³-hybridized carbons (Fsp3) is 0.654. The van der Waals surface area contributed by atoms with Crippen molar-refractivity contribution in [2.75, 3.05) is 25.0 Å². The minimum Gasteiger partial charge on any atom is -0.396 e. The highest BCUT2D eigenvalue weighted by Gasteiger charge is 2.78. The molecule has 3 heterocycles. The normalized spacial score (nSPS) is 31.6. The lowest BCUT2D eigenvalue weighted by molar-refractivity contribution is -0.146. The Bertz CT molecular complexity index is 909. The summed E-state index contributed by atoms with van der Waals surface area (Å²) in [6.07, 6.45) is 5.09. The standard InChI is InChI=1S/C26H37N3O5/c1-3-5-9-15-27-23(32)21-26-14-13-25(4-2,34-26)19(20(26)24(33)29(21)16-10-17-30)22(31)28-18-11-7-6-8-12-18/h6-8,11-12,19-21,30H,3-5,9-10,13-17H2,1-2H3,(H,27,32)(H,28,31)/t19-,20-,21?,25+,26?/m0/s1. The molecule has 3 fully saturated rings. The number of aliphatic hydroxyl groups is 1. The maximum absolute atomic E-state index is 13.8. The number of benzene rings is 1. The number of rotatable bonds is 11. The van der Waals surface area contributed by atoms with E-state index in [2.05, 4.69) is 17.6 Å². The van der Waals surface area contributed by atoms with Crippen LogP contribution in [0.2, 0.25) is 0 Å². The molecule has 3 N–H and O–H groups in total. The average molecular weight is 472 g/mol. The van der Waals surface area contributed by atoms with Crippen molar-refractivity contribution < 1.29 is 24.2 Å². The van der Waals surface area contributed by atoms with E-state index < -0.39 is 29.1 Å². The average Bonchev–Trinajstić information content (AvgIpc) is 3.44. The van der Waals surface area contributed by atoms with Gasteiger partial charge in [-0.1, -0.05) is 44.9 Å². The minimum absolute atomic E-state index is 0.0794. The predicted octanol–water partition coefficient (Wildman–Crippen LogP) is 2.47. The molecule has 3 saturated heterocycles. The van der Waals surface area contributed by atoms with E-state index in [0.717, 1.165) is 19.3 Å². The van der Waals surface area contributed by atoms with Crippen LogP contribution in [0, 0.1) is 11.8 Å². The van der Waals surface area contributed by atoms with Crippen LogP contribution >= 0.6 is 0 Å². The highest BCUT2D eigenvalue weighted by molar-refractivity contribution is 6.02. The van der Waals surface area contributed by atoms with Crippen molar-refractivity contribution >= 4 is 23.4 Å². The van der Waals surface area contributed by atoms with Gasteiger partial charge >= 0.3 is 0 Å². The first-order valence-corrected chi connectivity index (χ1v) is 12.7. The number of likely N-dealkylation sites (tertiary alicyclic amines) is 1. The Hall–Kier alpha value is -2.45. The Morgan fingerprint density at radius 3 is 2.56 bits per heavy atom. The minimum atomic E-state index is -1.02. The molecule has 3 amide bonds.